The van der Waals surface area contributed by atoms with E-state index < -0.39 is 0 Å². The van der Waals surface area contributed by atoms with Gasteiger partial charge in [-0.1, -0.05) is 11.6 Å². The molecule has 0 aliphatic rings. The first-order valence-corrected chi connectivity index (χ1v) is 2.06. The van der Waals surface area contributed by atoms with Gasteiger partial charge in [-0.05, 0) is 12.1 Å². The topological polar surface area (TPSA) is 15.8 Å². The van der Waals surface area contributed by atoms with Crippen molar-refractivity contribution in [1.82, 2.24) is 4.98 Å². The van der Waals surface area contributed by atoms with Crippen molar-refractivity contribution < 1.29 is 0 Å². The molecule has 0 aliphatic heterocycles. The van der Waals surface area contributed by atoms with Crippen LogP contribution in [0.4, 0.5) is 0 Å². The Morgan fingerprint density at radius 2 is 2.50 bits per heavy atom. The van der Waals surface area contributed by atoms with Gasteiger partial charge in [0.1, 0.15) is 5.15 Å². The fourth-order valence-electron chi connectivity index (χ4n) is 0.308. The average molecular weight is 102 g/mol. The first kappa shape index (κ1) is 3.75. The van der Waals surface area contributed by atoms with E-state index in [-0.39, 0.29) is 0 Å². The van der Waals surface area contributed by atoms with Crippen molar-refractivity contribution in [2.24, 2.45) is 0 Å². The number of aromatic nitrogens is 1. The average Bonchev–Trinajstić information content (AvgIpc) is 1.86. The second-order valence-electron chi connectivity index (χ2n) is 1.02. The maximum atomic E-state index is 5.40. The lowest BCUT2D eigenvalue weighted by atomic mass is 10.7. The summed E-state index contributed by atoms with van der Waals surface area (Å²) in [7, 11) is 0. The molecule has 0 atom stereocenters. The van der Waals surface area contributed by atoms with Gasteiger partial charge in [-0.2, -0.15) is 0 Å². The highest BCUT2D eigenvalue weighted by molar-refractivity contribution is 6.29. The van der Waals surface area contributed by atoms with Crippen LogP contribution in [-0.4, -0.2) is 4.98 Å². The van der Waals surface area contributed by atoms with Gasteiger partial charge < -0.3 is 4.98 Å². The van der Waals surface area contributed by atoms with Crippen LogP contribution >= 0.6 is 11.6 Å². The zero-order valence-electron chi connectivity index (χ0n) is 3.11. The Morgan fingerprint density at radius 3 is 2.67 bits per heavy atom. The molecule has 6 heavy (non-hydrogen) atoms. The molecule has 1 heterocycles. The van der Waals surface area contributed by atoms with Crippen LogP contribution in [-0.2, 0) is 0 Å². The maximum Gasteiger partial charge on any atom is 0.106 e. The van der Waals surface area contributed by atoms with Crippen molar-refractivity contribution in [1.29, 1.82) is 0 Å². The summed E-state index contributed by atoms with van der Waals surface area (Å²) in [6.07, 6.45) is 1.78. The molecule has 1 aromatic rings. The van der Waals surface area contributed by atoms with Crippen LogP contribution in [0.3, 0.4) is 0 Å². The van der Waals surface area contributed by atoms with E-state index in [4.69, 9.17) is 11.6 Å². The van der Waals surface area contributed by atoms with E-state index in [1.807, 2.05) is 6.07 Å². The van der Waals surface area contributed by atoms with Crippen LogP contribution in [0, 0.1) is 0 Å². The minimum absolute atomic E-state index is 0.690. The molecule has 0 amide bonds. The third-order valence-corrected chi connectivity index (χ3v) is 0.795. The van der Waals surface area contributed by atoms with E-state index in [0.29, 0.717) is 5.15 Å². The summed E-state index contributed by atoms with van der Waals surface area (Å²) >= 11 is 5.40. The van der Waals surface area contributed by atoms with E-state index in [2.05, 4.69) is 4.98 Å². The fraction of sp³-hybridized carbons (Fsp3) is 0. The molecular weight excluding hydrogens is 97.5 g/mol. The molecule has 0 saturated heterocycles. The van der Waals surface area contributed by atoms with Crippen molar-refractivity contribution in [2.45, 2.75) is 0 Å². The highest BCUT2D eigenvalue weighted by Crippen LogP contribution is 1.99. The van der Waals surface area contributed by atoms with Gasteiger partial charge in [0.15, 0.2) is 0 Å². The summed E-state index contributed by atoms with van der Waals surface area (Å²) in [4.78, 5) is 2.77. The smallest absolute Gasteiger partial charge is 0.106 e. The summed E-state index contributed by atoms with van der Waals surface area (Å²) in [5.41, 5.74) is 0. The van der Waals surface area contributed by atoms with E-state index in [1.54, 1.807) is 12.3 Å². The lowest BCUT2D eigenvalue weighted by Gasteiger charge is -1.66. The third kappa shape index (κ3) is 0.546. The third-order valence-electron chi connectivity index (χ3n) is 0.560. The van der Waals surface area contributed by atoms with Crippen LogP contribution in [0.25, 0.3) is 0 Å². The molecule has 1 rings (SSSR count). The monoisotopic (exact) mass is 101 g/mol. The Hall–Kier alpha value is -0.430. The van der Waals surface area contributed by atoms with Crippen LogP contribution < -0.4 is 0 Å². The van der Waals surface area contributed by atoms with Crippen molar-refractivity contribution in [3.63, 3.8) is 0 Å². The van der Waals surface area contributed by atoms with Crippen molar-refractivity contribution in [3.8, 4) is 0 Å². The highest BCUT2D eigenvalue weighted by Gasteiger charge is 1.75. The lowest BCUT2D eigenvalue weighted by Crippen LogP contribution is -1.49. The van der Waals surface area contributed by atoms with Gasteiger partial charge in [-0.15, -0.1) is 0 Å². The molecule has 2 heteroatoms. The SMILES string of the molecule is Clc1ccc[nH]1. The molecule has 0 bridgehead atoms. The molecule has 1 nitrogen and oxygen atoms in total. The maximum absolute atomic E-state index is 5.40. The quantitative estimate of drug-likeness (QED) is 0.512. The molecule has 0 radical (unpaired) electrons. The number of hydrogen-bond donors (Lipinski definition) is 1. The largest absolute Gasteiger partial charge is 0.352 e. The predicted molar refractivity (Wildman–Crippen MR) is 25.8 cm³/mol. The van der Waals surface area contributed by atoms with Crippen molar-refractivity contribution in [2.75, 3.05) is 0 Å². The summed E-state index contributed by atoms with van der Waals surface area (Å²) < 4.78 is 0. The molecular formula is C4H4ClN. The normalized spacial score (nSPS) is 8.83. The second kappa shape index (κ2) is 1.35. The molecule has 0 aromatic carbocycles. The minimum Gasteiger partial charge on any atom is -0.352 e. The van der Waals surface area contributed by atoms with Gasteiger partial charge in [-0.25, -0.2) is 0 Å². The Morgan fingerprint density at radius 1 is 1.67 bits per heavy atom. The van der Waals surface area contributed by atoms with Crippen LogP contribution in [0.5, 0.6) is 0 Å². The van der Waals surface area contributed by atoms with E-state index in [1.165, 1.54) is 0 Å². The van der Waals surface area contributed by atoms with Gasteiger partial charge in [0, 0.05) is 6.20 Å². The van der Waals surface area contributed by atoms with Gasteiger partial charge >= 0.3 is 0 Å². The van der Waals surface area contributed by atoms with Crippen molar-refractivity contribution >= 4 is 11.6 Å². The number of H-pyrrole nitrogens is 1. The van der Waals surface area contributed by atoms with Crippen molar-refractivity contribution in [3.05, 3.63) is 23.5 Å². The predicted octanol–water partition coefficient (Wildman–Crippen LogP) is 1.67. The number of rotatable bonds is 0. The lowest BCUT2D eigenvalue weighted by molar-refractivity contribution is 1.41. The zero-order chi connectivity index (χ0) is 4.41. The molecule has 0 unspecified atom stereocenters. The standard InChI is InChI=1S/C4H4ClN/c5-4-2-1-3-6-4/h1-3,6H. The highest BCUT2D eigenvalue weighted by atomic mass is 35.5. The molecule has 0 saturated carbocycles. The Kier molecular flexibility index (Phi) is 0.843. The Balaban J connectivity index is 3.05. The summed E-state index contributed by atoms with van der Waals surface area (Å²) in [6.45, 7) is 0. The molecule has 32 valence electrons. The molecule has 0 aliphatic carbocycles. The van der Waals surface area contributed by atoms with Gasteiger partial charge in [0.05, 0.1) is 0 Å². The van der Waals surface area contributed by atoms with Crippen LogP contribution in [0.1, 0.15) is 0 Å². The number of nitrogens with one attached hydrogen (secondary N) is 1. The number of hydrogen-bond acceptors (Lipinski definition) is 0. The zero-order valence-corrected chi connectivity index (χ0v) is 3.87. The van der Waals surface area contributed by atoms with E-state index in [0.717, 1.165) is 0 Å². The van der Waals surface area contributed by atoms with Gasteiger partial charge in [0.2, 0.25) is 0 Å². The molecule has 0 fully saturated rings. The van der Waals surface area contributed by atoms with Gasteiger partial charge in [0.25, 0.3) is 0 Å². The Labute approximate surface area is 40.9 Å². The number of aromatic amines is 1. The minimum atomic E-state index is 0.690. The summed E-state index contributed by atoms with van der Waals surface area (Å²) in [6, 6.07) is 3.64. The van der Waals surface area contributed by atoms with E-state index >= 15 is 0 Å². The fourth-order valence-corrected chi connectivity index (χ4v) is 0.444. The molecule has 0 spiro atoms. The summed E-state index contributed by atoms with van der Waals surface area (Å²) in [5, 5.41) is 0.690. The van der Waals surface area contributed by atoms with Crippen LogP contribution in [0.2, 0.25) is 5.15 Å². The first-order chi connectivity index (χ1) is 2.89. The van der Waals surface area contributed by atoms with Gasteiger partial charge in [-0.3, -0.25) is 0 Å². The summed E-state index contributed by atoms with van der Waals surface area (Å²) in [5.74, 6) is 0. The molecule has 1 N–H and O–H groups in total. The van der Waals surface area contributed by atoms with E-state index in [9.17, 15) is 0 Å². The molecule has 1 aromatic heterocycles. The second-order valence-corrected chi connectivity index (χ2v) is 1.43. The first-order valence-electron chi connectivity index (χ1n) is 1.68. The number of halogens is 1. The Bertz CT molecular complexity index is 111. The van der Waals surface area contributed by atoms with Crippen LogP contribution in [0.15, 0.2) is 18.3 Å².